The summed E-state index contributed by atoms with van der Waals surface area (Å²) in [4.78, 5) is 2.45. The van der Waals surface area contributed by atoms with Crippen molar-refractivity contribution >= 4 is 0 Å². The van der Waals surface area contributed by atoms with Gasteiger partial charge in [-0.3, -0.25) is 16.2 Å². The average molecular weight is 255 g/mol. The van der Waals surface area contributed by atoms with Crippen LogP contribution in [0.4, 0.5) is 0 Å². The summed E-state index contributed by atoms with van der Waals surface area (Å²) in [6.07, 6.45) is 5.27. The Bertz CT molecular complexity index is 281. The zero-order valence-corrected chi connectivity index (χ0v) is 11.2. The van der Waals surface area contributed by atoms with E-state index in [0.29, 0.717) is 0 Å². The van der Waals surface area contributed by atoms with Gasteiger partial charge >= 0.3 is 0 Å². The molecule has 1 saturated heterocycles. The highest BCUT2D eigenvalue weighted by Crippen LogP contribution is 2.21. The van der Waals surface area contributed by atoms with Crippen molar-refractivity contribution in [1.29, 1.82) is 0 Å². The molecule has 5 nitrogen and oxygen atoms in total. The van der Waals surface area contributed by atoms with Crippen LogP contribution >= 0.6 is 0 Å². The van der Waals surface area contributed by atoms with Gasteiger partial charge in [0.05, 0.1) is 31.6 Å². The number of morpholine rings is 1. The fraction of sp³-hybridized carbons (Fsp3) is 0.846. The highest BCUT2D eigenvalue weighted by Gasteiger charge is 2.30. The van der Waals surface area contributed by atoms with E-state index in [9.17, 15) is 0 Å². The standard InChI is InChI=1S/C13H25N3O2/c1-2-5-16-6-8-18-12(9-16)13(15-14)11-4-3-7-17-10-11/h10,12-13,15H,2-9,14H2,1H3. The second kappa shape index (κ2) is 7.09. The van der Waals surface area contributed by atoms with E-state index < -0.39 is 0 Å². The first-order valence-electron chi connectivity index (χ1n) is 6.95. The first kappa shape index (κ1) is 13.8. The molecule has 3 N–H and O–H groups in total. The Balaban J connectivity index is 1.96. The van der Waals surface area contributed by atoms with E-state index in [1.54, 1.807) is 0 Å². The zero-order chi connectivity index (χ0) is 12.8. The summed E-state index contributed by atoms with van der Waals surface area (Å²) < 4.78 is 11.3. The number of nitrogens with one attached hydrogen (secondary N) is 1. The van der Waals surface area contributed by atoms with Gasteiger partial charge in [0.2, 0.25) is 0 Å². The summed E-state index contributed by atoms with van der Waals surface area (Å²) >= 11 is 0. The van der Waals surface area contributed by atoms with Crippen LogP contribution in [0.2, 0.25) is 0 Å². The van der Waals surface area contributed by atoms with Crippen LogP contribution in [0.25, 0.3) is 0 Å². The number of hydrogen-bond acceptors (Lipinski definition) is 5. The first-order valence-corrected chi connectivity index (χ1v) is 6.95. The summed E-state index contributed by atoms with van der Waals surface area (Å²) in [7, 11) is 0. The minimum atomic E-state index is 0.0740. The van der Waals surface area contributed by atoms with Gasteiger partial charge in [0.1, 0.15) is 0 Å². The largest absolute Gasteiger partial charge is 0.501 e. The summed E-state index contributed by atoms with van der Waals surface area (Å²) in [5.41, 5.74) is 4.13. The van der Waals surface area contributed by atoms with Gasteiger partial charge in [-0.05, 0) is 31.4 Å². The first-order chi connectivity index (χ1) is 8.85. The average Bonchev–Trinajstić information content (AvgIpc) is 2.42. The van der Waals surface area contributed by atoms with Crippen LogP contribution in [0.3, 0.4) is 0 Å². The van der Waals surface area contributed by atoms with E-state index in [1.807, 2.05) is 6.26 Å². The Morgan fingerprint density at radius 1 is 1.56 bits per heavy atom. The Kier molecular flexibility index (Phi) is 5.44. The number of ether oxygens (including phenoxy) is 2. The Labute approximate surface area is 109 Å². The normalized spacial score (nSPS) is 27.4. The number of nitrogens with zero attached hydrogens (tertiary/aromatic N) is 1. The Morgan fingerprint density at radius 3 is 3.11 bits per heavy atom. The van der Waals surface area contributed by atoms with Crippen molar-refractivity contribution in [2.45, 2.75) is 38.3 Å². The molecule has 2 aliphatic rings. The third-order valence-corrected chi connectivity index (χ3v) is 3.63. The molecule has 1 fully saturated rings. The topological polar surface area (TPSA) is 59.8 Å². The molecule has 0 aromatic carbocycles. The lowest BCUT2D eigenvalue weighted by Gasteiger charge is -2.37. The molecule has 2 aliphatic heterocycles. The highest BCUT2D eigenvalue weighted by atomic mass is 16.5. The van der Waals surface area contributed by atoms with E-state index in [-0.39, 0.29) is 12.1 Å². The third-order valence-electron chi connectivity index (χ3n) is 3.63. The number of rotatable bonds is 5. The van der Waals surface area contributed by atoms with Crippen LogP contribution in [0.15, 0.2) is 11.8 Å². The van der Waals surface area contributed by atoms with Gasteiger partial charge < -0.3 is 9.47 Å². The van der Waals surface area contributed by atoms with Crippen LogP contribution < -0.4 is 11.3 Å². The van der Waals surface area contributed by atoms with Crippen molar-refractivity contribution in [2.24, 2.45) is 5.84 Å². The zero-order valence-electron chi connectivity index (χ0n) is 11.2. The van der Waals surface area contributed by atoms with Crippen LogP contribution in [0.5, 0.6) is 0 Å². The summed E-state index contributed by atoms with van der Waals surface area (Å²) in [5, 5.41) is 0. The lowest BCUT2D eigenvalue weighted by Crippen LogP contribution is -2.55. The van der Waals surface area contributed by atoms with E-state index >= 15 is 0 Å². The van der Waals surface area contributed by atoms with E-state index in [2.05, 4.69) is 17.2 Å². The third kappa shape index (κ3) is 3.45. The van der Waals surface area contributed by atoms with Gasteiger partial charge in [0, 0.05) is 13.1 Å². The van der Waals surface area contributed by atoms with Crippen LogP contribution in [-0.2, 0) is 9.47 Å². The summed E-state index contributed by atoms with van der Waals surface area (Å²) in [6.45, 7) is 6.91. The number of hydrogen-bond donors (Lipinski definition) is 2. The molecule has 0 amide bonds. The molecule has 0 aromatic heterocycles. The lowest BCUT2D eigenvalue weighted by atomic mass is 9.96. The smallest absolute Gasteiger partial charge is 0.0907 e. The fourth-order valence-electron chi connectivity index (χ4n) is 2.72. The van der Waals surface area contributed by atoms with Crippen molar-refractivity contribution in [3.8, 4) is 0 Å². The van der Waals surface area contributed by atoms with Crippen molar-refractivity contribution in [2.75, 3.05) is 32.8 Å². The monoisotopic (exact) mass is 255 g/mol. The molecule has 2 unspecified atom stereocenters. The number of nitrogens with two attached hydrogens (primary N) is 1. The molecular formula is C13H25N3O2. The molecule has 0 aliphatic carbocycles. The van der Waals surface area contributed by atoms with E-state index in [4.69, 9.17) is 15.3 Å². The van der Waals surface area contributed by atoms with Crippen molar-refractivity contribution < 1.29 is 9.47 Å². The molecule has 18 heavy (non-hydrogen) atoms. The molecule has 104 valence electrons. The predicted octanol–water partition coefficient (Wildman–Crippen LogP) is 0.623. The molecule has 0 bridgehead atoms. The molecule has 0 radical (unpaired) electrons. The molecule has 0 spiro atoms. The van der Waals surface area contributed by atoms with E-state index in [0.717, 1.165) is 45.7 Å². The SMILES string of the molecule is CCCN1CCOC(C(NN)C2=COCCC2)C1. The molecular weight excluding hydrogens is 230 g/mol. The highest BCUT2D eigenvalue weighted by molar-refractivity contribution is 5.13. The van der Waals surface area contributed by atoms with Crippen LogP contribution in [0.1, 0.15) is 26.2 Å². The van der Waals surface area contributed by atoms with Gasteiger partial charge in [-0.2, -0.15) is 0 Å². The van der Waals surface area contributed by atoms with Gasteiger partial charge in [0.25, 0.3) is 0 Å². The van der Waals surface area contributed by atoms with Crippen molar-refractivity contribution in [3.05, 3.63) is 11.8 Å². The molecule has 2 atom stereocenters. The molecule has 0 saturated carbocycles. The van der Waals surface area contributed by atoms with Gasteiger partial charge in [-0.25, -0.2) is 0 Å². The minimum absolute atomic E-state index is 0.0740. The van der Waals surface area contributed by atoms with Crippen LogP contribution in [0, 0.1) is 0 Å². The van der Waals surface area contributed by atoms with Gasteiger partial charge in [0.15, 0.2) is 0 Å². The molecule has 2 rings (SSSR count). The molecule has 2 heterocycles. The maximum Gasteiger partial charge on any atom is 0.0907 e. The molecule has 0 aromatic rings. The molecule has 5 heteroatoms. The summed E-state index contributed by atoms with van der Waals surface area (Å²) in [5.74, 6) is 5.71. The minimum Gasteiger partial charge on any atom is -0.501 e. The van der Waals surface area contributed by atoms with Crippen molar-refractivity contribution in [1.82, 2.24) is 10.3 Å². The Hall–Kier alpha value is -0.620. The summed E-state index contributed by atoms with van der Waals surface area (Å²) in [6, 6.07) is 0.0740. The van der Waals surface area contributed by atoms with Crippen LogP contribution in [-0.4, -0.2) is 49.9 Å². The van der Waals surface area contributed by atoms with Gasteiger partial charge in [-0.1, -0.05) is 6.92 Å². The maximum atomic E-state index is 5.88. The van der Waals surface area contributed by atoms with Gasteiger partial charge in [-0.15, -0.1) is 0 Å². The Morgan fingerprint density at radius 2 is 2.44 bits per heavy atom. The second-order valence-electron chi connectivity index (χ2n) is 5.02. The maximum absolute atomic E-state index is 5.88. The predicted molar refractivity (Wildman–Crippen MR) is 70.9 cm³/mol. The second-order valence-corrected chi connectivity index (χ2v) is 5.02. The van der Waals surface area contributed by atoms with E-state index in [1.165, 1.54) is 12.0 Å². The van der Waals surface area contributed by atoms with Crippen molar-refractivity contribution in [3.63, 3.8) is 0 Å². The fourth-order valence-corrected chi connectivity index (χ4v) is 2.72. The lowest BCUT2D eigenvalue weighted by molar-refractivity contribution is -0.0418. The quantitative estimate of drug-likeness (QED) is 0.557. The number of hydrazine groups is 1.